The molecule has 92 valence electrons. The van der Waals surface area contributed by atoms with Crippen molar-refractivity contribution in [3.63, 3.8) is 0 Å². The van der Waals surface area contributed by atoms with Gasteiger partial charge in [-0.15, -0.1) is 0 Å². The Morgan fingerprint density at radius 1 is 0.889 bits per heavy atom. The summed E-state index contributed by atoms with van der Waals surface area (Å²) >= 11 is 0. The van der Waals surface area contributed by atoms with Gasteiger partial charge in [0.25, 0.3) is 0 Å². The van der Waals surface area contributed by atoms with Crippen LogP contribution in [0, 0.1) is 20.8 Å². The van der Waals surface area contributed by atoms with E-state index in [2.05, 4.69) is 32.9 Å². The Morgan fingerprint density at radius 2 is 1.56 bits per heavy atom. The highest BCUT2D eigenvalue weighted by Crippen LogP contribution is 2.22. The van der Waals surface area contributed by atoms with Crippen LogP contribution in [-0.4, -0.2) is 5.52 Å². The van der Waals surface area contributed by atoms with E-state index >= 15 is 0 Å². The molecule has 0 saturated carbocycles. The van der Waals surface area contributed by atoms with E-state index in [9.17, 15) is 4.79 Å². The highest BCUT2D eigenvalue weighted by molar-refractivity contribution is 7.66. The summed E-state index contributed by atoms with van der Waals surface area (Å²) in [4.78, 5) is 12.2. The van der Waals surface area contributed by atoms with Gasteiger partial charge in [0.1, 0.15) is 0 Å². The molecular weight excluding hydrogens is 239 g/mol. The lowest BCUT2D eigenvalue weighted by molar-refractivity contribution is 0.108. The van der Waals surface area contributed by atoms with Gasteiger partial charge in [-0.1, -0.05) is 42.5 Å². The average Bonchev–Trinajstić information content (AvgIpc) is 2.40. The Balaban J connectivity index is 2.26. The van der Waals surface area contributed by atoms with E-state index < -0.39 is 0 Å². The Morgan fingerprint density at radius 3 is 2.22 bits per heavy atom. The van der Waals surface area contributed by atoms with Crippen molar-refractivity contribution in [1.82, 2.24) is 0 Å². The van der Waals surface area contributed by atoms with Crippen molar-refractivity contribution in [2.75, 3.05) is 0 Å². The number of hydrogen-bond donors (Lipinski definition) is 0. The summed E-state index contributed by atoms with van der Waals surface area (Å²) in [7, 11) is 0.208. The van der Waals surface area contributed by atoms with E-state index in [0.717, 1.165) is 10.9 Å². The lowest BCUT2D eigenvalue weighted by atomic mass is 10.1. The fraction of sp³-hybridized carbons (Fsp3) is 0.188. The van der Waals surface area contributed by atoms with Crippen LogP contribution >= 0.6 is 8.58 Å². The van der Waals surface area contributed by atoms with Crippen molar-refractivity contribution >= 4 is 19.4 Å². The predicted octanol–water partition coefficient (Wildman–Crippen LogP) is 3.76. The van der Waals surface area contributed by atoms with Crippen molar-refractivity contribution in [2.24, 2.45) is 0 Å². The van der Waals surface area contributed by atoms with Crippen molar-refractivity contribution in [3.05, 3.63) is 64.7 Å². The molecule has 0 spiro atoms. The fourth-order valence-electron chi connectivity index (χ4n) is 1.88. The molecule has 2 heteroatoms. The molecule has 0 amide bonds. The van der Waals surface area contributed by atoms with Crippen LogP contribution < -0.4 is 5.30 Å². The van der Waals surface area contributed by atoms with Crippen molar-refractivity contribution in [1.29, 1.82) is 0 Å². The first-order valence-corrected chi connectivity index (χ1v) is 7.03. The Hall–Kier alpha value is -1.46. The Bertz CT molecular complexity index is 573. The van der Waals surface area contributed by atoms with Crippen LogP contribution in [0.4, 0.5) is 0 Å². The molecule has 18 heavy (non-hydrogen) atoms. The van der Waals surface area contributed by atoms with Crippen LogP contribution in [0.5, 0.6) is 0 Å². The number of carbonyl (C=O) groups is 1. The van der Waals surface area contributed by atoms with Gasteiger partial charge in [0.15, 0.2) is 5.52 Å². The van der Waals surface area contributed by atoms with E-state index in [1.54, 1.807) is 0 Å². The first kappa shape index (κ1) is 13.0. The van der Waals surface area contributed by atoms with Crippen LogP contribution in [0.3, 0.4) is 0 Å². The van der Waals surface area contributed by atoms with Gasteiger partial charge in [0.05, 0.1) is 0 Å². The molecule has 0 aliphatic heterocycles. The van der Waals surface area contributed by atoms with Gasteiger partial charge in [-0.05, 0) is 51.3 Å². The maximum Gasteiger partial charge on any atom is 0.185 e. The standard InChI is InChI=1S/C16H17OP/c1-11-9-10-15(13(3)12(11)2)18-16(17)14-7-5-4-6-8-14/h4-10,18H,1-3H3. The maximum absolute atomic E-state index is 12.2. The minimum Gasteiger partial charge on any atom is -0.289 e. The summed E-state index contributed by atoms with van der Waals surface area (Å²) < 4.78 is 0. The highest BCUT2D eigenvalue weighted by atomic mass is 31.1. The zero-order valence-electron chi connectivity index (χ0n) is 10.9. The third kappa shape index (κ3) is 2.68. The second-order valence-electron chi connectivity index (χ2n) is 4.50. The molecule has 0 radical (unpaired) electrons. The second kappa shape index (κ2) is 5.46. The van der Waals surface area contributed by atoms with Crippen LogP contribution in [0.2, 0.25) is 0 Å². The van der Waals surface area contributed by atoms with Gasteiger partial charge >= 0.3 is 0 Å². The summed E-state index contributed by atoms with van der Waals surface area (Å²) in [6.45, 7) is 6.32. The summed E-state index contributed by atoms with van der Waals surface area (Å²) in [6.07, 6.45) is 0. The number of hydrogen-bond acceptors (Lipinski definition) is 1. The molecule has 0 bridgehead atoms. The molecule has 0 saturated heterocycles. The van der Waals surface area contributed by atoms with Gasteiger partial charge in [-0.2, -0.15) is 0 Å². The molecule has 2 rings (SSSR count). The van der Waals surface area contributed by atoms with Crippen LogP contribution in [0.1, 0.15) is 27.0 Å². The number of rotatable bonds is 3. The molecule has 0 aromatic heterocycles. The summed E-state index contributed by atoms with van der Waals surface area (Å²) in [6, 6.07) is 13.7. The molecule has 1 unspecified atom stereocenters. The Labute approximate surface area is 110 Å². The molecule has 0 N–H and O–H groups in total. The fourth-order valence-corrected chi connectivity index (χ4v) is 2.97. The van der Waals surface area contributed by atoms with E-state index in [-0.39, 0.29) is 14.1 Å². The van der Waals surface area contributed by atoms with Crippen LogP contribution in [0.15, 0.2) is 42.5 Å². The number of carbonyl (C=O) groups excluding carboxylic acids is 1. The lowest BCUT2D eigenvalue weighted by Gasteiger charge is -2.10. The lowest BCUT2D eigenvalue weighted by Crippen LogP contribution is -2.07. The third-order valence-electron chi connectivity index (χ3n) is 3.34. The van der Waals surface area contributed by atoms with Gasteiger partial charge in [0.2, 0.25) is 0 Å². The molecule has 0 fully saturated rings. The first-order chi connectivity index (χ1) is 8.59. The van der Waals surface area contributed by atoms with Crippen LogP contribution in [0.25, 0.3) is 0 Å². The number of benzene rings is 2. The molecule has 0 aliphatic rings. The van der Waals surface area contributed by atoms with Gasteiger partial charge < -0.3 is 0 Å². The molecule has 1 atom stereocenters. The van der Waals surface area contributed by atoms with Gasteiger partial charge in [0, 0.05) is 5.56 Å². The van der Waals surface area contributed by atoms with Crippen molar-refractivity contribution in [3.8, 4) is 0 Å². The minimum absolute atomic E-state index is 0.208. The molecular formula is C16H17OP. The smallest absolute Gasteiger partial charge is 0.185 e. The molecule has 2 aromatic carbocycles. The zero-order chi connectivity index (χ0) is 13.1. The monoisotopic (exact) mass is 256 g/mol. The zero-order valence-corrected chi connectivity index (χ0v) is 11.9. The minimum atomic E-state index is 0.208. The maximum atomic E-state index is 12.2. The van der Waals surface area contributed by atoms with E-state index in [4.69, 9.17) is 0 Å². The topological polar surface area (TPSA) is 17.1 Å². The Kier molecular flexibility index (Phi) is 3.93. The van der Waals surface area contributed by atoms with E-state index in [1.165, 1.54) is 16.7 Å². The SMILES string of the molecule is Cc1ccc(PC(=O)c2ccccc2)c(C)c1C. The molecule has 0 heterocycles. The van der Waals surface area contributed by atoms with Crippen LogP contribution in [-0.2, 0) is 0 Å². The number of aryl methyl sites for hydroxylation is 1. The molecule has 1 nitrogen and oxygen atoms in total. The summed E-state index contributed by atoms with van der Waals surface area (Å²) in [5, 5.41) is 1.16. The summed E-state index contributed by atoms with van der Waals surface area (Å²) in [5.41, 5.74) is 4.84. The summed E-state index contributed by atoms with van der Waals surface area (Å²) in [5.74, 6) is 0. The van der Waals surface area contributed by atoms with Gasteiger partial charge in [-0.3, -0.25) is 4.79 Å². The highest BCUT2D eigenvalue weighted by Gasteiger charge is 2.10. The second-order valence-corrected chi connectivity index (χ2v) is 5.74. The predicted molar refractivity (Wildman–Crippen MR) is 79.4 cm³/mol. The molecule has 0 aliphatic carbocycles. The first-order valence-electron chi connectivity index (χ1n) is 6.03. The molecule has 2 aromatic rings. The normalized spacial score (nSPS) is 11.1. The largest absolute Gasteiger partial charge is 0.289 e. The van der Waals surface area contributed by atoms with Gasteiger partial charge in [-0.25, -0.2) is 0 Å². The third-order valence-corrected chi connectivity index (χ3v) is 4.67. The van der Waals surface area contributed by atoms with E-state index in [0.29, 0.717) is 0 Å². The van der Waals surface area contributed by atoms with Crippen molar-refractivity contribution < 1.29 is 4.79 Å². The quantitative estimate of drug-likeness (QED) is 0.764. The van der Waals surface area contributed by atoms with E-state index in [1.807, 2.05) is 30.3 Å². The average molecular weight is 256 g/mol. The van der Waals surface area contributed by atoms with Crippen molar-refractivity contribution in [2.45, 2.75) is 20.8 Å².